The van der Waals surface area contributed by atoms with Crippen molar-refractivity contribution in [1.29, 1.82) is 0 Å². The Labute approximate surface area is 245 Å². The van der Waals surface area contributed by atoms with Crippen LogP contribution in [0.5, 0.6) is 0 Å². The Morgan fingerprint density at radius 2 is 0.821 bits per heavy atom. The SMILES string of the molecule is CCCCC(CCC)C12CC3(C4CCC(C)CC4)CC(C4CCC(C)CC4)(C1)CC(C1CCC(C)CC1)(C2)C3. The Kier molecular flexibility index (Phi) is 8.39. The third-order valence-corrected chi connectivity index (χ3v) is 15.3. The summed E-state index contributed by atoms with van der Waals surface area (Å²) in [5.74, 6) is 7.18. The van der Waals surface area contributed by atoms with Gasteiger partial charge < -0.3 is 0 Å². The standard InChI is InChI=1S/C39H68/c1-6-8-10-32(9-7-2)36-23-37(33-17-11-29(3)12-18-33)26-38(24-36,34-19-13-30(4)14-20-34)28-39(25-36,27-37)35-21-15-31(5)16-22-35/h29-35H,6-28H2,1-5H3. The highest BCUT2D eigenvalue weighted by atomic mass is 14.8. The molecule has 39 heavy (non-hydrogen) atoms. The van der Waals surface area contributed by atoms with Crippen LogP contribution in [-0.2, 0) is 0 Å². The second-order valence-electron chi connectivity index (χ2n) is 18.0. The maximum Gasteiger partial charge on any atom is -0.0253 e. The number of hydrogen-bond acceptors (Lipinski definition) is 0. The van der Waals surface area contributed by atoms with E-state index >= 15 is 0 Å². The van der Waals surface area contributed by atoms with Gasteiger partial charge in [-0.25, -0.2) is 0 Å². The van der Waals surface area contributed by atoms with Gasteiger partial charge in [0.05, 0.1) is 0 Å². The summed E-state index contributed by atoms with van der Waals surface area (Å²) >= 11 is 0. The average molecular weight is 537 g/mol. The first-order chi connectivity index (χ1) is 18.8. The summed E-state index contributed by atoms with van der Waals surface area (Å²) in [5.41, 5.74) is 2.81. The molecule has 0 aromatic rings. The smallest absolute Gasteiger partial charge is 0.0253 e. The molecule has 7 aliphatic carbocycles. The van der Waals surface area contributed by atoms with E-state index in [2.05, 4.69) is 34.6 Å². The van der Waals surface area contributed by atoms with Crippen molar-refractivity contribution in [1.82, 2.24) is 0 Å². The Bertz CT molecular complexity index is 697. The molecule has 1 atom stereocenters. The Balaban J connectivity index is 1.45. The highest BCUT2D eigenvalue weighted by molar-refractivity contribution is 5.22. The molecule has 7 aliphatic rings. The lowest BCUT2D eigenvalue weighted by Crippen LogP contribution is -2.67. The van der Waals surface area contributed by atoms with Crippen molar-refractivity contribution in [2.75, 3.05) is 0 Å². The molecule has 0 aromatic carbocycles. The summed E-state index contributed by atoms with van der Waals surface area (Å²) in [6.45, 7) is 12.7. The molecule has 4 bridgehead atoms. The molecule has 1 unspecified atom stereocenters. The predicted octanol–water partition coefficient (Wildman–Crippen LogP) is 12.4. The molecular formula is C39H68. The van der Waals surface area contributed by atoms with Crippen molar-refractivity contribution in [3.63, 3.8) is 0 Å². The molecule has 0 nitrogen and oxygen atoms in total. The van der Waals surface area contributed by atoms with Crippen LogP contribution < -0.4 is 0 Å². The molecule has 0 aliphatic heterocycles. The molecule has 0 N–H and O–H groups in total. The maximum atomic E-state index is 2.56. The molecular weight excluding hydrogens is 468 g/mol. The second kappa shape index (κ2) is 11.3. The van der Waals surface area contributed by atoms with Gasteiger partial charge in [-0.05, 0) is 147 Å². The summed E-state index contributed by atoms with van der Waals surface area (Å²) in [4.78, 5) is 0. The molecule has 224 valence electrons. The highest BCUT2D eigenvalue weighted by Gasteiger charge is 2.72. The molecule has 7 saturated carbocycles. The van der Waals surface area contributed by atoms with E-state index in [0.29, 0.717) is 21.7 Å². The van der Waals surface area contributed by atoms with Crippen LogP contribution in [0, 0.1) is 63.1 Å². The number of rotatable bonds is 9. The van der Waals surface area contributed by atoms with Crippen LogP contribution in [0.1, 0.15) is 182 Å². The summed E-state index contributed by atoms with van der Waals surface area (Å²) in [7, 11) is 0. The van der Waals surface area contributed by atoms with Gasteiger partial charge in [-0.2, -0.15) is 0 Å². The summed E-state index contributed by atoms with van der Waals surface area (Å²) in [6.07, 6.45) is 36.2. The molecule has 0 radical (unpaired) electrons. The van der Waals surface area contributed by atoms with Crippen LogP contribution in [0.15, 0.2) is 0 Å². The van der Waals surface area contributed by atoms with E-state index < -0.39 is 0 Å². The van der Waals surface area contributed by atoms with E-state index in [1.54, 1.807) is 83.5 Å². The molecule has 0 aromatic heterocycles. The van der Waals surface area contributed by atoms with Gasteiger partial charge in [0.2, 0.25) is 0 Å². The van der Waals surface area contributed by atoms with Gasteiger partial charge in [-0.1, -0.05) is 98.8 Å². The zero-order chi connectivity index (χ0) is 27.3. The molecule has 0 spiro atoms. The van der Waals surface area contributed by atoms with Gasteiger partial charge in [0, 0.05) is 0 Å². The first-order valence-electron chi connectivity index (χ1n) is 18.8. The van der Waals surface area contributed by atoms with Gasteiger partial charge in [0.25, 0.3) is 0 Å². The van der Waals surface area contributed by atoms with Crippen molar-refractivity contribution in [2.24, 2.45) is 63.1 Å². The minimum Gasteiger partial charge on any atom is -0.0654 e. The largest absolute Gasteiger partial charge is 0.0654 e. The van der Waals surface area contributed by atoms with Crippen molar-refractivity contribution in [3.8, 4) is 0 Å². The van der Waals surface area contributed by atoms with Crippen molar-refractivity contribution in [2.45, 2.75) is 182 Å². The molecule has 7 rings (SSSR count). The van der Waals surface area contributed by atoms with Crippen molar-refractivity contribution >= 4 is 0 Å². The van der Waals surface area contributed by atoms with Gasteiger partial charge in [-0.3, -0.25) is 0 Å². The van der Waals surface area contributed by atoms with Crippen LogP contribution in [0.2, 0.25) is 0 Å². The topological polar surface area (TPSA) is 0 Å². The lowest BCUT2D eigenvalue weighted by Gasteiger charge is -2.77. The van der Waals surface area contributed by atoms with E-state index in [0.717, 1.165) is 41.4 Å². The second-order valence-corrected chi connectivity index (χ2v) is 18.0. The minimum atomic E-state index is 0.690. The number of unbranched alkanes of at least 4 members (excludes halogenated alkanes) is 1. The first kappa shape index (κ1) is 29.1. The Hall–Kier alpha value is 0. The lowest BCUT2D eigenvalue weighted by molar-refractivity contribution is -0.272. The highest BCUT2D eigenvalue weighted by Crippen LogP contribution is 2.82. The van der Waals surface area contributed by atoms with Crippen LogP contribution in [0.4, 0.5) is 0 Å². The fourth-order valence-electron chi connectivity index (χ4n) is 13.9. The third-order valence-electron chi connectivity index (χ3n) is 15.3. The van der Waals surface area contributed by atoms with E-state index in [1.807, 2.05) is 0 Å². The predicted molar refractivity (Wildman–Crippen MR) is 169 cm³/mol. The van der Waals surface area contributed by atoms with Gasteiger partial charge in [0.15, 0.2) is 0 Å². The van der Waals surface area contributed by atoms with E-state index in [1.165, 1.54) is 64.2 Å². The van der Waals surface area contributed by atoms with Gasteiger partial charge in [0.1, 0.15) is 0 Å². The average Bonchev–Trinajstić information content (AvgIpc) is 2.91. The molecule has 7 fully saturated rings. The van der Waals surface area contributed by atoms with E-state index in [9.17, 15) is 0 Å². The van der Waals surface area contributed by atoms with E-state index in [4.69, 9.17) is 0 Å². The fraction of sp³-hybridized carbons (Fsp3) is 1.00. The quantitative estimate of drug-likeness (QED) is 0.275. The van der Waals surface area contributed by atoms with Gasteiger partial charge in [-0.15, -0.1) is 0 Å². The van der Waals surface area contributed by atoms with E-state index in [-0.39, 0.29) is 0 Å². The number of hydrogen-bond donors (Lipinski definition) is 0. The summed E-state index contributed by atoms with van der Waals surface area (Å²) in [5, 5.41) is 0. The summed E-state index contributed by atoms with van der Waals surface area (Å²) < 4.78 is 0. The first-order valence-corrected chi connectivity index (χ1v) is 18.8. The van der Waals surface area contributed by atoms with Gasteiger partial charge >= 0.3 is 0 Å². The zero-order valence-corrected chi connectivity index (χ0v) is 27.3. The lowest BCUT2D eigenvalue weighted by atomic mass is 9.28. The fourth-order valence-corrected chi connectivity index (χ4v) is 13.9. The van der Waals surface area contributed by atoms with Crippen molar-refractivity contribution in [3.05, 3.63) is 0 Å². The Morgan fingerprint density at radius 1 is 0.462 bits per heavy atom. The summed E-state index contributed by atoms with van der Waals surface area (Å²) in [6, 6.07) is 0. The molecule has 0 heterocycles. The van der Waals surface area contributed by atoms with Crippen LogP contribution in [-0.4, -0.2) is 0 Å². The molecule has 0 amide bonds. The third kappa shape index (κ3) is 5.23. The molecule has 0 saturated heterocycles. The monoisotopic (exact) mass is 537 g/mol. The van der Waals surface area contributed by atoms with Crippen molar-refractivity contribution < 1.29 is 0 Å². The van der Waals surface area contributed by atoms with Crippen LogP contribution >= 0.6 is 0 Å². The van der Waals surface area contributed by atoms with Crippen LogP contribution in [0.3, 0.4) is 0 Å². The zero-order valence-electron chi connectivity index (χ0n) is 27.3. The Morgan fingerprint density at radius 3 is 1.13 bits per heavy atom. The minimum absolute atomic E-state index is 0.690. The normalized spacial score (nSPS) is 50.7. The maximum absolute atomic E-state index is 2.56. The van der Waals surface area contributed by atoms with Crippen LogP contribution in [0.25, 0.3) is 0 Å². The molecule has 0 heteroatoms.